The molecule has 2 atom stereocenters. The molecule has 1 aliphatic rings. The Morgan fingerprint density at radius 2 is 1.92 bits per heavy atom. The van der Waals surface area contributed by atoms with Crippen LogP contribution < -0.4 is 10.6 Å². The minimum Gasteiger partial charge on any atom is -0.481 e. The molecule has 0 bridgehead atoms. The summed E-state index contributed by atoms with van der Waals surface area (Å²) in [5.74, 6) is -2.69. The number of hydrogen-bond donors (Lipinski definition) is 3. The van der Waals surface area contributed by atoms with Crippen molar-refractivity contribution in [2.75, 3.05) is 19.0 Å². The maximum atomic E-state index is 14.0. The highest BCUT2D eigenvalue weighted by Crippen LogP contribution is 2.58. The number of carboxylic acids is 1. The number of pyridine rings is 1. The lowest BCUT2D eigenvalue weighted by Gasteiger charge is -2.28. The number of benzene rings is 2. The summed E-state index contributed by atoms with van der Waals surface area (Å²) in [5, 5.41) is 15.7. The van der Waals surface area contributed by atoms with Gasteiger partial charge in [-0.15, -0.1) is 11.8 Å². The van der Waals surface area contributed by atoms with Gasteiger partial charge >= 0.3 is 18.1 Å². The zero-order chi connectivity index (χ0) is 27.3. The van der Waals surface area contributed by atoms with Crippen molar-refractivity contribution in [2.45, 2.75) is 35.9 Å². The van der Waals surface area contributed by atoms with E-state index in [2.05, 4.69) is 15.6 Å². The van der Waals surface area contributed by atoms with E-state index in [1.165, 1.54) is 35.8 Å². The first kappa shape index (κ1) is 27.1. The summed E-state index contributed by atoms with van der Waals surface area (Å²) in [6, 6.07) is 12.4. The van der Waals surface area contributed by atoms with Crippen LogP contribution in [0.15, 0.2) is 54.7 Å². The molecule has 3 aromatic rings. The Morgan fingerprint density at radius 1 is 1.16 bits per heavy atom. The maximum absolute atomic E-state index is 14.0. The van der Waals surface area contributed by atoms with E-state index in [9.17, 15) is 23.2 Å². The Kier molecular flexibility index (Phi) is 8.30. The molecular weight excluding hydrogens is 518 g/mol. The molecule has 1 fully saturated rings. The minimum atomic E-state index is -1.04. The van der Waals surface area contributed by atoms with Crippen LogP contribution in [0.3, 0.4) is 0 Å². The predicted octanol–water partition coefficient (Wildman–Crippen LogP) is 4.97. The summed E-state index contributed by atoms with van der Waals surface area (Å²) in [7, 11) is 1.53. The van der Waals surface area contributed by atoms with Crippen molar-refractivity contribution in [3.8, 4) is 0 Å². The van der Waals surface area contributed by atoms with E-state index in [1.807, 2.05) is 24.3 Å². The molecule has 0 spiro atoms. The van der Waals surface area contributed by atoms with Gasteiger partial charge in [0.05, 0.1) is 5.25 Å². The van der Waals surface area contributed by atoms with E-state index < -0.39 is 34.6 Å². The molecular formula is C26H26F2N4O5S. The van der Waals surface area contributed by atoms with Gasteiger partial charge in [-0.25, -0.2) is 23.4 Å². The first-order valence-electron chi connectivity index (χ1n) is 11.8. The number of carbonyl (C=O) groups is 3. The third-order valence-electron chi connectivity index (χ3n) is 6.28. The average molecular weight is 545 g/mol. The number of anilines is 1. The Hall–Kier alpha value is -3.93. The predicted molar refractivity (Wildman–Crippen MR) is 139 cm³/mol. The molecule has 38 heavy (non-hydrogen) atoms. The number of fused-ring (bicyclic) bond motifs is 1. The fourth-order valence-corrected chi connectivity index (χ4v) is 5.55. The van der Waals surface area contributed by atoms with Crippen LogP contribution in [0, 0.1) is 11.6 Å². The smallest absolute Gasteiger partial charge is 0.412 e. The normalized spacial score (nSPS) is 18.0. The van der Waals surface area contributed by atoms with Crippen molar-refractivity contribution in [3.05, 3.63) is 71.9 Å². The molecule has 0 aliphatic carbocycles. The summed E-state index contributed by atoms with van der Waals surface area (Å²) in [6.45, 7) is -0.266. The number of nitrogens with zero attached hydrogens (tertiary/aromatic N) is 2. The zero-order valence-electron chi connectivity index (χ0n) is 20.4. The Morgan fingerprint density at radius 3 is 2.68 bits per heavy atom. The third-order valence-corrected chi connectivity index (χ3v) is 8.01. The van der Waals surface area contributed by atoms with Crippen LogP contribution in [0.1, 0.15) is 24.8 Å². The van der Waals surface area contributed by atoms with Gasteiger partial charge in [-0.3, -0.25) is 10.1 Å². The summed E-state index contributed by atoms with van der Waals surface area (Å²) >= 11 is 1.37. The molecule has 1 unspecified atom stereocenters. The topological polar surface area (TPSA) is 121 Å². The van der Waals surface area contributed by atoms with Gasteiger partial charge < -0.3 is 20.1 Å². The van der Waals surface area contributed by atoms with Crippen LogP contribution >= 0.6 is 11.8 Å². The van der Waals surface area contributed by atoms with Crippen molar-refractivity contribution in [2.24, 2.45) is 0 Å². The lowest BCUT2D eigenvalue weighted by Crippen LogP contribution is -2.47. The first-order valence-corrected chi connectivity index (χ1v) is 12.7. The van der Waals surface area contributed by atoms with E-state index >= 15 is 0 Å². The van der Waals surface area contributed by atoms with Crippen molar-refractivity contribution in [3.63, 3.8) is 0 Å². The number of aromatic nitrogens is 1. The lowest BCUT2D eigenvalue weighted by atomic mass is 10.1. The SMILES string of the molecule is CN(C(=O)NCc1cccc(F)c1F)[C@@]1(CCCC(=O)O)SC1COC(=O)Nc1cc2ccccc2cn1. The molecule has 1 aromatic heterocycles. The molecule has 0 radical (unpaired) electrons. The van der Waals surface area contributed by atoms with Crippen LogP contribution in [0.5, 0.6) is 0 Å². The van der Waals surface area contributed by atoms with Crippen LogP contribution in [0.2, 0.25) is 0 Å². The Labute approximate surface area is 221 Å². The molecule has 3 amide bonds. The number of aliphatic carboxylic acids is 1. The second-order valence-corrected chi connectivity index (χ2v) is 10.3. The Balaban J connectivity index is 1.35. The number of carboxylic acid groups (broad SMARTS) is 1. The number of thioether (sulfide) groups is 1. The average Bonchev–Trinajstić information content (AvgIpc) is 3.61. The van der Waals surface area contributed by atoms with Crippen LogP contribution in [0.25, 0.3) is 10.8 Å². The molecule has 9 nitrogen and oxygen atoms in total. The van der Waals surface area contributed by atoms with E-state index in [1.54, 1.807) is 12.3 Å². The van der Waals surface area contributed by atoms with E-state index in [0.29, 0.717) is 18.7 Å². The molecule has 4 rings (SSSR count). The fraction of sp³-hybridized carbons (Fsp3) is 0.308. The van der Waals surface area contributed by atoms with Gasteiger partial charge in [-0.05, 0) is 30.4 Å². The number of carbonyl (C=O) groups excluding carboxylic acids is 2. The molecule has 2 aromatic carbocycles. The summed E-state index contributed by atoms with van der Waals surface area (Å²) < 4.78 is 32.8. The van der Waals surface area contributed by atoms with Crippen molar-refractivity contribution < 1.29 is 33.0 Å². The molecule has 1 saturated heterocycles. The molecule has 200 valence electrons. The van der Waals surface area contributed by atoms with Gasteiger partial charge in [-0.2, -0.15) is 0 Å². The number of halogens is 2. The van der Waals surface area contributed by atoms with Crippen molar-refractivity contribution >= 4 is 46.4 Å². The van der Waals surface area contributed by atoms with Gasteiger partial charge in [0, 0.05) is 37.2 Å². The first-order chi connectivity index (χ1) is 18.2. The highest BCUT2D eigenvalue weighted by molar-refractivity contribution is 8.08. The van der Waals surface area contributed by atoms with Crippen LogP contribution in [-0.2, 0) is 16.1 Å². The van der Waals surface area contributed by atoms with Crippen molar-refractivity contribution in [1.82, 2.24) is 15.2 Å². The van der Waals surface area contributed by atoms with Gasteiger partial charge in [0.25, 0.3) is 0 Å². The van der Waals surface area contributed by atoms with E-state index in [4.69, 9.17) is 9.84 Å². The van der Waals surface area contributed by atoms with Gasteiger partial charge in [0.2, 0.25) is 0 Å². The highest BCUT2D eigenvalue weighted by Gasteiger charge is 2.60. The summed E-state index contributed by atoms with van der Waals surface area (Å²) in [4.78, 5) is 41.1. The molecule has 1 aliphatic heterocycles. The zero-order valence-corrected chi connectivity index (χ0v) is 21.3. The number of ether oxygens (including phenoxy) is 1. The largest absolute Gasteiger partial charge is 0.481 e. The number of nitrogens with one attached hydrogen (secondary N) is 2. The molecule has 12 heteroatoms. The van der Waals surface area contributed by atoms with E-state index in [-0.39, 0.29) is 30.4 Å². The molecule has 3 N–H and O–H groups in total. The fourth-order valence-electron chi connectivity index (χ4n) is 4.14. The van der Waals surface area contributed by atoms with Gasteiger partial charge in [-0.1, -0.05) is 36.4 Å². The molecule has 0 saturated carbocycles. The summed E-state index contributed by atoms with van der Waals surface area (Å²) in [5.41, 5.74) is -0.00557. The number of rotatable bonds is 10. The standard InChI is InChI=1S/C26H26F2N4O5S/c1-32(24(35)30-14-18-8-4-9-19(27)23(18)28)26(11-5-10-22(33)34)20(38-26)15-37-25(36)31-21-12-16-6-2-3-7-17(16)13-29-21/h2-4,6-9,12-13,20H,5,10-11,14-15H2,1H3,(H,30,35)(H,33,34)(H,29,31,36)/t20?,26-/m0/s1. The number of hydrogen-bond acceptors (Lipinski definition) is 6. The third kappa shape index (κ3) is 6.31. The number of amides is 3. The quantitative estimate of drug-likeness (QED) is 0.308. The van der Waals surface area contributed by atoms with E-state index in [0.717, 1.165) is 16.8 Å². The highest BCUT2D eigenvalue weighted by atomic mass is 32.2. The van der Waals surface area contributed by atoms with Crippen LogP contribution in [-0.4, -0.2) is 56.9 Å². The monoisotopic (exact) mass is 544 g/mol. The van der Waals surface area contributed by atoms with Gasteiger partial charge in [0.1, 0.15) is 17.3 Å². The van der Waals surface area contributed by atoms with Crippen LogP contribution in [0.4, 0.5) is 24.2 Å². The maximum Gasteiger partial charge on any atom is 0.412 e. The lowest BCUT2D eigenvalue weighted by molar-refractivity contribution is -0.137. The van der Waals surface area contributed by atoms with Crippen molar-refractivity contribution in [1.29, 1.82) is 0 Å². The summed E-state index contributed by atoms with van der Waals surface area (Å²) in [6.07, 6.45) is 1.46. The van der Waals surface area contributed by atoms with Gasteiger partial charge in [0.15, 0.2) is 11.6 Å². The number of urea groups is 1. The second kappa shape index (κ2) is 11.6. The second-order valence-electron chi connectivity index (χ2n) is 8.77. The Bertz CT molecular complexity index is 1360. The molecule has 2 heterocycles. The minimum absolute atomic E-state index is 0.00557.